The van der Waals surface area contributed by atoms with E-state index in [4.69, 9.17) is 14.5 Å². The molecule has 0 unspecified atom stereocenters. The number of aromatic nitrogens is 2. The maximum atomic E-state index is 6.98. The Morgan fingerprint density at radius 1 is 0.530 bits per heavy atom. The van der Waals surface area contributed by atoms with Gasteiger partial charge in [-0.2, -0.15) is 0 Å². The van der Waals surface area contributed by atoms with Crippen LogP contribution in [0.3, 0.4) is 0 Å². The van der Waals surface area contributed by atoms with Gasteiger partial charge in [-0.1, -0.05) is 116 Å². The van der Waals surface area contributed by atoms with E-state index in [1.165, 1.54) is 33.3 Å². The van der Waals surface area contributed by atoms with E-state index >= 15 is 0 Å². The molecule has 7 nitrogen and oxygen atoms in total. The highest BCUT2D eigenvalue weighted by atomic mass is 16.5. The number of anilines is 7. The number of para-hydroxylation sites is 6. The summed E-state index contributed by atoms with van der Waals surface area (Å²) >= 11 is 0. The van der Waals surface area contributed by atoms with Crippen LogP contribution in [-0.2, 0) is 16.2 Å². The average Bonchev–Trinajstić information content (AvgIpc) is 3.86. The van der Waals surface area contributed by atoms with Crippen molar-refractivity contribution in [2.45, 2.75) is 71.6 Å². The molecule has 2 aromatic heterocycles. The molecule has 0 saturated carbocycles. The molecular formula is C59H53N5O2. The quantitative estimate of drug-likeness (QED) is 0.172. The summed E-state index contributed by atoms with van der Waals surface area (Å²) in [6.45, 7) is 18.8. The molecular weight excluding hydrogens is 811 g/mol. The van der Waals surface area contributed by atoms with E-state index in [1.807, 2.05) is 6.20 Å². The number of ether oxygens (including phenoxy) is 2. The monoisotopic (exact) mass is 863 g/mol. The average molecular weight is 864 g/mol. The number of pyridine rings is 1. The van der Waals surface area contributed by atoms with E-state index in [0.29, 0.717) is 6.67 Å². The summed E-state index contributed by atoms with van der Waals surface area (Å²) in [6, 6.07) is 56.6. The maximum Gasteiger partial charge on any atom is 0.153 e. The molecule has 66 heavy (non-hydrogen) atoms. The lowest BCUT2D eigenvalue weighted by Gasteiger charge is -2.45. The van der Waals surface area contributed by atoms with Crippen molar-refractivity contribution < 1.29 is 9.47 Å². The van der Waals surface area contributed by atoms with Gasteiger partial charge in [0, 0.05) is 52.0 Å². The first-order chi connectivity index (χ1) is 31.7. The number of rotatable bonds is 5. The molecule has 7 aromatic carbocycles. The Morgan fingerprint density at radius 3 is 1.94 bits per heavy atom. The van der Waals surface area contributed by atoms with Crippen molar-refractivity contribution in [3.63, 3.8) is 0 Å². The van der Waals surface area contributed by atoms with Crippen LogP contribution in [0.5, 0.6) is 23.0 Å². The zero-order chi connectivity index (χ0) is 45.3. The van der Waals surface area contributed by atoms with Crippen LogP contribution in [0.15, 0.2) is 164 Å². The fourth-order valence-corrected chi connectivity index (χ4v) is 10.4. The standard InChI is InChI=1S/C59H53N5O2/c1-57(2,3)37-27-28-60-55(31-37)63-47-19-11-9-17-43(47)44-26-25-41(35-52(44)63)65-42-30-38(58(4,5)6)29-39(32-42)61-36-62(50-22-14-13-21-49(50)61)40-33-46-56-54(34-40)66-53-24-16-15-23-51(53)64(56)48-20-12-10-18-45(48)59(46,7)8/h9-35H,36H2,1-8H3. The second-order valence-corrected chi connectivity index (χ2v) is 20.6. The van der Waals surface area contributed by atoms with Gasteiger partial charge in [-0.3, -0.25) is 4.57 Å². The van der Waals surface area contributed by atoms with Crippen LogP contribution >= 0.6 is 0 Å². The molecule has 0 saturated heterocycles. The maximum absolute atomic E-state index is 6.98. The molecule has 0 N–H and O–H groups in total. The predicted molar refractivity (Wildman–Crippen MR) is 271 cm³/mol. The van der Waals surface area contributed by atoms with Crippen molar-refractivity contribution in [1.82, 2.24) is 9.55 Å². The van der Waals surface area contributed by atoms with Gasteiger partial charge in [-0.15, -0.1) is 0 Å². The molecule has 0 spiro atoms. The van der Waals surface area contributed by atoms with Crippen molar-refractivity contribution in [3.8, 4) is 28.8 Å². The molecule has 0 bridgehead atoms. The van der Waals surface area contributed by atoms with Crippen molar-refractivity contribution in [3.05, 3.63) is 186 Å². The Hall–Kier alpha value is -7.51. The molecule has 5 heterocycles. The van der Waals surface area contributed by atoms with Gasteiger partial charge in [-0.05, 0) is 112 Å². The number of hydrogen-bond acceptors (Lipinski definition) is 6. The Bertz CT molecular complexity index is 3440. The van der Waals surface area contributed by atoms with Crippen LogP contribution in [0, 0.1) is 0 Å². The molecule has 7 heteroatoms. The first kappa shape index (κ1) is 40.0. The van der Waals surface area contributed by atoms with E-state index in [1.54, 1.807) is 0 Å². The first-order valence-corrected chi connectivity index (χ1v) is 23.1. The fourth-order valence-electron chi connectivity index (χ4n) is 10.4. The Kier molecular flexibility index (Phi) is 8.64. The largest absolute Gasteiger partial charge is 0.457 e. The van der Waals surface area contributed by atoms with Gasteiger partial charge < -0.3 is 24.2 Å². The van der Waals surface area contributed by atoms with Gasteiger partial charge in [0.05, 0.1) is 39.5 Å². The second kappa shape index (κ2) is 14.2. The van der Waals surface area contributed by atoms with Crippen LogP contribution in [-0.4, -0.2) is 16.2 Å². The van der Waals surface area contributed by atoms with Crippen molar-refractivity contribution in [2.24, 2.45) is 0 Å². The zero-order valence-electron chi connectivity index (χ0n) is 38.8. The molecule has 9 aromatic rings. The van der Waals surface area contributed by atoms with Crippen LogP contribution in [0.1, 0.15) is 77.6 Å². The van der Waals surface area contributed by atoms with Gasteiger partial charge in [0.25, 0.3) is 0 Å². The summed E-state index contributed by atoms with van der Waals surface area (Å²) in [5.41, 5.74) is 14.5. The third-order valence-corrected chi connectivity index (χ3v) is 13.9. The van der Waals surface area contributed by atoms with Crippen LogP contribution in [0.25, 0.3) is 27.6 Å². The number of nitrogens with zero attached hydrogens (tertiary/aromatic N) is 5. The number of benzene rings is 7. The topological polar surface area (TPSA) is 46.0 Å². The summed E-state index contributed by atoms with van der Waals surface area (Å²) in [6.07, 6.45) is 1.93. The molecule has 0 radical (unpaired) electrons. The van der Waals surface area contributed by atoms with Crippen LogP contribution < -0.4 is 24.2 Å². The van der Waals surface area contributed by atoms with E-state index in [9.17, 15) is 0 Å². The van der Waals surface area contributed by atoms with Gasteiger partial charge in [0.1, 0.15) is 24.0 Å². The van der Waals surface area contributed by atoms with Gasteiger partial charge >= 0.3 is 0 Å². The lowest BCUT2D eigenvalue weighted by Crippen LogP contribution is -2.33. The summed E-state index contributed by atoms with van der Waals surface area (Å²) in [5, 5.41) is 2.34. The SMILES string of the molecule is CC(C)(C)c1cc(Oc2ccc3c4ccccc4n(-c4cc(C(C)(C)C)ccn4)c3c2)cc(N2CN(c3cc4c5c(c3)C(C)(C)c3ccccc3N5c3ccccc3O4)c3ccccc32)c1. The lowest BCUT2D eigenvalue weighted by atomic mass is 9.73. The first-order valence-electron chi connectivity index (χ1n) is 23.1. The van der Waals surface area contributed by atoms with Gasteiger partial charge in [0.15, 0.2) is 11.5 Å². The number of fused-ring (bicyclic) bond motifs is 8. The molecule has 12 rings (SSSR count). The van der Waals surface area contributed by atoms with E-state index in [-0.39, 0.29) is 16.2 Å². The minimum atomic E-state index is -0.278. The molecule has 0 atom stereocenters. The molecule has 0 amide bonds. The van der Waals surface area contributed by atoms with Gasteiger partial charge in [0.2, 0.25) is 0 Å². The highest BCUT2D eigenvalue weighted by Crippen LogP contribution is 2.61. The third kappa shape index (κ3) is 6.20. The molecule has 0 aliphatic carbocycles. The van der Waals surface area contributed by atoms with Gasteiger partial charge in [-0.25, -0.2) is 4.98 Å². The summed E-state index contributed by atoms with van der Waals surface area (Å²) in [4.78, 5) is 12.2. The summed E-state index contributed by atoms with van der Waals surface area (Å²) in [7, 11) is 0. The highest BCUT2D eigenvalue weighted by Gasteiger charge is 2.43. The lowest BCUT2D eigenvalue weighted by molar-refractivity contribution is 0.471. The van der Waals surface area contributed by atoms with Crippen molar-refractivity contribution in [1.29, 1.82) is 0 Å². The minimum absolute atomic E-state index is 0.0169. The fraction of sp³-hybridized carbons (Fsp3) is 0.203. The molecule has 0 fully saturated rings. The number of hydrogen-bond donors (Lipinski definition) is 0. The smallest absolute Gasteiger partial charge is 0.153 e. The minimum Gasteiger partial charge on any atom is -0.457 e. The molecule has 3 aliphatic rings. The summed E-state index contributed by atoms with van der Waals surface area (Å²) in [5.74, 6) is 4.16. The third-order valence-electron chi connectivity index (χ3n) is 13.9. The summed E-state index contributed by atoms with van der Waals surface area (Å²) < 4.78 is 16.1. The Labute approximate surface area is 387 Å². The Morgan fingerprint density at radius 2 is 1.18 bits per heavy atom. The normalized spacial score (nSPS) is 14.8. The Balaban J connectivity index is 0.950. The van der Waals surface area contributed by atoms with Crippen molar-refractivity contribution >= 4 is 61.6 Å². The van der Waals surface area contributed by atoms with E-state index < -0.39 is 0 Å². The van der Waals surface area contributed by atoms with E-state index in [2.05, 4.69) is 232 Å². The van der Waals surface area contributed by atoms with Crippen molar-refractivity contribution in [2.75, 3.05) is 21.4 Å². The van der Waals surface area contributed by atoms with Crippen LogP contribution in [0.2, 0.25) is 0 Å². The second-order valence-electron chi connectivity index (χ2n) is 20.6. The van der Waals surface area contributed by atoms with Crippen LogP contribution in [0.4, 0.5) is 39.8 Å². The highest BCUT2D eigenvalue weighted by molar-refractivity contribution is 6.09. The predicted octanol–water partition coefficient (Wildman–Crippen LogP) is 16.0. The molecule has 3 aliphatic heterocycles. The molecule has 326 valence electrons. The van der Waals surface area contributed by atoms with E-state index in [0.717, 1.165) is 79.4 Å². The zero-order valence-corrected chi connectivity index (χ0v) is 38.8.